The van der Waals surface area contributed by atoms with Crippen molar-refractivity contribution in [2.45, 2.75) is 6.42 Å². The molecule has 0 unspecified atom stereocenters. The number of fused-ring (bicyclic) bond motifs is 1. The van der Waals surface area contributed by atoms with Crippen molar-refractivity contribution >= 4 is 17.0 Å². The number of imidazole rings is 1. The number of aromatic nitrogens is 3. The second kappa shape index (κ2) is 4.73. The molecule has 100 valence electrons. The molecule has 0 spiro atoms. The van der Waals surface area contributed by atoms with E-state index in [-0.39, 0.29) is 5.56 Å². The summed E-state index contributed by atoms with van der Waals surface area (Å²) in [5, 5.41) is 8.88. The fraction of sp³-hybridized carbons (Fsp3) is 0.0714. The fourth-order valence-corrected chi connectivity index (χ4v) is 2.02. The van der Waals surface area contributed by atoms with E-state index in [0.717, 1.165) is 11.6 Å². The maximum atomic E-state index is 13.6. The molecule has 0 saturated heterocycles. The van der Waals surface area contributed by atoms with Crippen LogP contribution in [0.3, 0.4) is 0 Å². The number of pyridine rings is 1. The van der Waals surface area contributed by atoms with Crippen LogP contribution in [0, 0.1) is 5.82 Å². The second-order valence-corrected chi connectivity index (χ2v) is 4.37. The number of halogens is 1. The van der Waals surface area contributed by atoms with Crippen molar-refractivity contribution in [3.63, 3.8) is 0 Å². The van der Waals surface area contributed by atoms with Gasteiger partial charge in [0.2, 0.25) is 0 Å². The SMILES string of the molecule is O=C(O)c1cc2nc(Cc3ccncc3)[nH]c2cc1F. The van der Waals surface area contributed by atoms with Crippen molar-refractivity contribution in [3.8, 4) is 0 Å². The van der Waals surface area contributed by atoms with Gasteiger partial charge in [0.25, 0.3) is 0 Å². The molecule has 0 fully saturated rings. The molecule has 0 radical (unpaired) electrons. The van der Waals surface area contributed by atoms with Gasteiger partial charge in [-0.25, -0.2) is 14.2 Å². The topological polar surface area (TPSA) is 78.9 Å². The Morgan fingerprint density at radius 1 is 1.30 bits per heavy atom. The van der Waals surface area contributed by atoms with Gasteiger partial charge >= 0.3 is 5.97 Å². The molecule has 2 N–H and O–H groups in total. The van der Waals surface area contributed by atoms with E-state index in [1.165, 1.54) is 6.07 Å². The molecule has 0 aliphatic rings. The van der Waals surface area contributed by atoms with Gasteiger partial charge in [-0.3, -0.25) is 4.98 Å². The van der Waals surface area contributed by atoms with Crippen LogP contribution in [0.1, 0.15) is 21.7 Å². The Kier molecular flexibility index (Phi) is 2.90. The normalized spacial score (nSPS) is 10.8. The van der Waals surface area contributed by atoms with E-state index in [9.17, 15) is 9.18 Å². The van der Waals surface area contributed by atoms with Gasteiger partial charge in [0, 0.05) is 24.9 Å². The van der Waals surface area contributed by atoms with Crippen LogP contribution in [0.5, 0.6) is 0 Å². The highest BCUT2D eigenvalue weighted by atomic mass is 19.1. The summed E-state index contributed by atoms with van der Waals surface area (Å²) in [5.41, 5.74) is 1.56. The van der Waals surface area contributed by atoms with Crippen LogP contribution < -0.4 is 0 Å². The number of aromatic amines is 1. The van der Waals surface area contributed by atoms with Gasteiger partial charge in [-0.1, -0.05) is 0 Å². The third-order valence-electron chi connectivity index (χ3n) is 2.97. The second-order valence-electron chi connectivity index (χ2n) is 4.37. The van der Waals surface area contributed by atoms with Gasteiger partial charge in [-0.2, -0.15) is 0 Å². The van der Waals surface area contributed by atoms with Crippen molar-refractivity contribution in [1.29, 1.82) is 0 Å². The van der Waals surface area contributed by atoms with Crippen LogP contribution in [-0.2, 0) is 6.42 Å². The first-order valence-corrected chi connectivity index (χ1v) is 5.94. The van der Waals surface area contributed by atoms with Crippen LogP contribution in [0.25, 0.3) is 11.0 Å². The lowest BCUT2D eigenvalue weighted by molar-refractivity contribution is 0.0692. The number of carbonyl (C=O) groups is 1. The Hall–Kier alpha value is -2.76. The summed E-state index contributed by atoms with van der Waals surface area (Å²) in [6.07, 6.45) is 3.90. The molecule has 0 saturated carbocycles. The van der Waals surface area contributed by atoms with Gasteiger partial charge in [0.1, 0.15) is 11.6 Å². The number of H-pyrrole nitrogens is 1. The lowest BCUT2D eigenvalue weighted by Crippen LogP contribution is -1.99. The molecule has 20 heavy (non-hydrogen) atoms. The molecular weight excluding hydrogens is 261 g/mol. The van der Waals surface area contributed by atoms with E-state index in [1.54, 1.807) is 12.4 Å². The zero-order chi connectivity index (χ0) is 14.1. The maximum absolute atomic E-state index is 13.6. The third kappa shape index (κ3) is 2.23. The van der Waals surface area contributed by atoms with Crippen molar-refractivity contribution in [1.82, 2.24) is 15.0 Å². The number of benzene rings is 1. The average Bonchev–Trinajstić information content (AvgIpc) is 2.79. The van der Waals surface area contributed by atoms with Gasteiger partial charge in [-0.15, -0.1) is 0 Å². The lowest BCUT2D eigenvalue weighted by Gasteiger charge is -1.96. The summed E-state index contributed by atoms with van der Waals surface area (Å²) in [7, 11) is 0. The van der Waals surface area contributed by atoms with Crippen molar-refractivity contribution in [3.05, 3.63) is 59.4 Å². The summed E-state index contributed by atoms with van der Waals surface area (Å²) in [4.78, 5) is 22.1. The monoisotopic (exact) mass is 271 g/mol. The standard InChI is InChI=1S/C14H10FN3O2/c15-10-7-12-11(6-9(10)14(19)20)17-13(18-12)5-8-1-3-16-4-2-8/h1-4,6-7H,5H2,(H,17,18)(H,19,20). The smallest absolute Gasteiger partial charge is 0.338 e. The first kappa shape index (κ1) is 12.3. The van der Waals surface area contributed by atoms with Crippen LogP contribution in [0.15, 0.2) is 36.7 Å². The van der Waals surface area contributed by atoms with Crippen LogP contribution in [0.4, 0.5) is 4.39 Å². The molecule has 0 aliphatic heterocycles. The number of nitrogens with zero attached hydrogens (tertiary/aromatic N) is 2. The molecule has 0 bridgehead atoms. The average molecular weight is 271 g/mol. The summed E-state index contributed by atoms with van der Waals surface area (Å²) < 4.78 is 13.6. The zero-order valence-electron chi connectivity index (χ0n) is 10.3. The number of rotatable bonds is 3. The highest BCUT2D eigenvalue weighted by molar-refractivity contribution is 5.92. The van der Waals surface area contributed by atoms with Crippen LogP contribution in [0.2, 0.25) is 0 Å². The van der Waals surface area contributed by atoms with Gasteiger partial charge in [0.05, 0.1) is 16.6 Å². The summed E-state index contributed by atoms with van der Waals surface area (Å²) >= 11 is 0. The maximum Gasteiger partial charge on any atom is 0.338 e. The number of hydrogen-bond donors (Lipinski definition) is 2. The van der Waals surface area contributed by atoms with E-state index in [4.69, 9.17) is 5.11 Å². The molecule has 0 atom stereocenters. The Labute approximate surface area is 113 Å². The number of nitrogens with one attached hydrogen (secondary N) is 1. The molecule has 0 amide bonds. The molecule has 3 rings (SSSR count). The fourth-order valence-electron chi connectivity index (χ4n) is 2.02. The highest BCUT2D eigenvalue weighted by Crippen LogP contribution is 2.18. The number of carboxylic acids is 1. The minimum Gasteiger partial charge on any atom is -0.478 e. The van der Waals surface area contributed by atoms with E-state index >= 15 is 0 Å². The predicted octanol–water partition coefficient (Wildman–Crippen LogP) is 2.39. The number of carboxylic acid groups (broad SMARTS) is 1. The Morgan fingerprint density at radius 2 is 2.05 bits per heavy atom. The van der Waals surface area contributed by atoms with Gasteiger partial charge in [-0.05, 0) is 23.8 Å². The first-order valence-electron chi connectivity index (χ1n) is 5.94. The number of aromatic carboxylic acids is 1. The minimum absolute atomic E-state index is 0.375. The Balaban J connectivity index is 2.00. The predicted molar refractivity (Wildman–Crippen MR) is 70.1 cm³/mol. The molecule has 5 nitrogen and oxygen atoms in total. The van der Waals surface area contributed by atoms with Crippen LogP contribution >= 0.6 is 0 Å². The Morgan fingerprint density at radius 3 is 2.75 bits per heavy atom. The molecule has 1 aromatic carbocycles. The lowest BCUT2D eigenvalue weighted by atomic mass is 10.2. The Bertz CT molecular complexity index is 784. The van der Waals surface area contributed by atoms with E-state index < -0.39 is 11.8 Å². The molecule has 2 heterocycles. The zero-order valence-corrected chi connectivity index (χ0v) is 10.3. The number of hydrogen-bond acceptors (Lipinski definition) is 3. The molecule has 2 aromatic heterocycles. The van der Waals surface area contributed by atoms with Crippen molar-refractivity contribution < 1.29 is 14.3 Å². The molecule has 3 aromatic rings. The van der Waals surface area contributed by atoms with Gasteiger partial charge < -0.3 is 10.1 Å². The van der Waals surface area contributed by atoms with Crippen LogP contribution in [-0.4, -0.2) is 26.0 Å². The van der Waals surface area contributed by atoms with Gasteiger partial charge in [0.15, 0.2) is 0 Å². The van der Waals surface area contributed by atoms with E-state index in [0.29, 0.717) is 23.3 Å². The molecule has 0 aliphatic carbocycles. The molecule has 6 heteroatoms. The quantitative estimate of drug-likeness (QED) is 0.766. The minimum atomic E-state index is -1.30. The third-order valence-corrected chi connectivity index (χ3v) is 2.97. The summed E-state index contributed by atoms with van der Waals surface area (Å²) in [6.45, 7) is 0. The summed E-state index contributed by atoms with van der Waals surface area (Å²) in [5.74, 6) is -1.43. The summed E-state index contributed by atoms with van der Waals surface area (Å²) in [6, 6.07) is 6.11. The first-order chi connectivity index (χ1) is 9.63. The van der Waals surface area contributed by atoms with Crippen molar-refractivity contribution in [2.75, 3.05) is 0 Å². The molecular formula is C14H10FN3O2. The van der Waals surface area contributed by atoms with E-state index in [1.807, 2.05) is 12.1 Å². The highest BCUT2D eigenvalue weighted by Gasteiger charge is 2.14. The largest absolute Gasteiger partial charge is 0.478 e. The van der Waals surface area contributed by atoms with Crippen molar-refractivity contribution in [2.24, 2.45) is 0 Å². The van der Waals surface area contributed by atoms with E-state index in [2.05, 4.69) is 15.0 Å².